The number of hydrogen-bond donors (Lipinski definition) is 3. The number of piperazine rings is 1. The summed E-state index contributed by atoms with van der Waals surface area (Å²) < 4.78 is 0. The summed E-state index contributed by atoms with van der Waals surface area (Å²) in [5.74, 6) is 0.00970. The fraction of sp³-hybridized carbons (Fsp3) is 0.529. The van der Waals surface area contributed by atoms with Crippen molar-refractivity contribution in [2.45, 2.75) is 6.04 Å². The van der Waals surface area contributed by atoms with Crippen LogP contribution < -0.4 is 16.2 Å². The number of carbonyl (C=O) groups excluding carboxylic acids is 2. The lowest BCUT2D eigenvalue weighted by molar-refractivity contribution is -0.137. The Balaban J connectivity index is 1.59. The molecule has 2 aliphatic heterocycles. The van der Waals surface area contributed by atoms with Crippen LogP contribution in [0.25, 0.3) is 0 Å². The summed E-state index contributed by atoms with van der Waals surface area (Å²) in [5, 5.41) is 3.32. The number of hydrazine groups is 1. The van der Waals surface area contributed by atoms with Crippen LogP contribution in [0.4, 0.5) is 0 Å². The summed E-state index contributed by atoms with van der Waals surface area (Å²) in [6, 6.07) is 7.53. The van der Waals surface area contributed by atoms with Crippen LogP contribution in [0, 0.1) is 5.92 Å². The Morgan fingerprint density at radius 1 is 1.20 bits per heavy atom. The standard InChI is InChI=1S/C17H24ClN5O2/c1-19-15(24)11-22-6-8-23(9-7-22)17(25)14-10-20-21-16(14)12-2-4-13(18)5-3-12/h2-5,14,16,20-21H,6-11H2,1H3,(H,19,24). The molecule has 2 saturated heterocycles. The number of carbonyl (C=O) groups is 2. The Labute approximate surface area is 152 Å². The van der Waals surface area contributed by atoms with E-state index in [0.29, 0.717) is 31.2 Å². The predicted molar refractivity (Wildman–Crippen MR) is 95.9 cm³/mol. The SMILES string of the molecule is CNC(=O)CN1CCN(C(=O)C2CNNC2c2ccc(Cl)cc2)CC1. The minimum absolute atomic E-state index is 0.00627. The summed E-state index contributed by atoms with van der Waals surface area (Å²) in [4.78, 5) is 28.4. The number of nitrogens with one attached hydrogen (secondary N) is 3. The molecule has 2 atom stereocenters. The van der Waals surface area contributed by atoms with E-state index in [1.54, 1.807) is 7.05 Å². The van der Waals surface area contributed by atoms with Gasteiger partial charge >= 0.3 is 0 Å². The maximum absolute atomic E-state index is 13.0. The molecule has 2 unspecified atom stereocenters. The Morgan fingerprint density at radius 3 is 2.52 bits per heavy atom. The molecule has 1 aromatic rings. The van der Waals surface area contributed by atoms with E-state index in [9.17, 15) is 9.59 Å². The quantitative estimate of drug-likeness (QED) is 0.700. The highest BCUT2D eigenvalue weighted by atomic mass is 35.5. The van der Waals surface area contributed by atoms with Gasteiger partial charge in [0.05, 0.1) is 18.5 Å². The van der Waals surface area contributed by atoms with Crippen molar-refractivity contribution in [1.29, 1.82) is 0 Å². The van der Waals surface area contributed by atoms with Gasteiger partial charge in [0.15, 0.2) is 0 Å². The third kappa shape index (κ3) is 4.30. The van der Waals surface area contributed by atoms with Gasteiger partial charge in [0.1, 0.15) is 0 Å². The van der Waals surface area contributed by atoms with Gasteiger partial charge in [-0.3, -0.25) is 19.9 Å². The maximum atomic E-state index is 13.0. The smallest absolute Gasteiger partial charge is 0.233 e. The van der Waals surface area contributed by atoms with Crippen LogP contribution in [0.15, 0.2) is 24.3 Å². The summed E-state index contributed by atoms with van der Waals surface area (Å²) >= 11 is 5.95. The summed E-state index contributed by atoms with van der Waals surface area (Å²) in [5.41, 5.74) is 7.35. The highest BCUT2D eigenvalue weighted by Crippen LogP contribution is 2.27. The van der Waals surface area contributed by atoms with Gasteiger partial charge in [-0.2, -0.15) is 0 Å². The Kier molecular flexibility index (Phi) is 5.90. The third-order valence-electron chi connectivity index (χ3n) is 4.86. The third-order valence-corrected chi connectivity index (χ3v) is 5.11. The van der Waals surface area contributed by atoms with E-state index < -0.39 is 0 Å². The summed E-state index contributed by atoms with van der Waals surface area (Å²) in [6.07, 6.45) is 0. The summed E-state index contributed by atoms with van der Waals surface area (Å²) in [6.45, 7) is 3.74. The maximum Gasteiger partial charge on any atom is 0.233 e. The van der Waals surface area contributed by atoms with Gasteiger partial charge in [0.25, 0.3) is 0 Å². The lowest BCUT2D eigenvalue weighted by Gasteiger charge is -2.36. The van der Waals surface area contributed by atoms with Crippen molar-refractivity contribution < 1.29 is 9.59 Å². The minimum atomic E-state index is -0.147. The molecule has 0 bridgehead atoms. The monoisotopic (exact) mass is 365 g/mol. The van der Waals surface area contributed by atoms with Gasteiger partial charge in [-0.05, 0) is 17.7 Å². The molecule has 7 nitrogen and oxygen atoms in total. The number of rotatable bonds is 4. The van der Waals surface area contributed by atoms with Crippen LogP contribution >= 0.6 is 11.6 Å². The van der Waals surface area contributed by atoms with Gasteiger partial charge in [0, 0.05) is 44.8 Å². The van der Waals surface area contributed by atoms with Gasteiger partial charge < -0.3 is 10.2 Å². The van der Waals surface area contributed by atoms with Crippen molar-refractivity contribution in [1.82, 2.24) is 26.0 Å². The second kappa shape index (κ2) is 8.14. The number of nitrogens with zero attached hydrogens (tertiary/aromatic N) is 2. The molecule has 25 heavy (non-hydrogen) atoms. The highest BCUT2D eigenvalue weighted by molar-refractivity contribution is 6.30. The molecule has 0 aliphatic carbocycles. The van der Waals surface area contributed by atoms with Crippen LogP contribution in [0.1, 0.15) is 11.6 Å². The molecule has 2 aliphatic rings. The second-order valence-corrected chi connectivity index (χ2v) is 6.87. The van der Waals surface area contributed by atoms with Gasteiger partial charge in [-0.25, -0.2) is 5.43 Å². The van der Waals surface area contributed by atoms with E-state index in [1.807, 2.05) is 29.2 Å². The van der Waals surface area contributed by atoms with Gasteiger partial charge in [-0.15, -0.1) is 0 Å². The number of hydrogen-bond acceptors (Lipinski definition) is 5. The molecule has 3 N–H and O–H groups in total. The number of likely N-dealkylation sites (N-methyl/N-ethyl adjacent to an activating group) is 1. The van der Waals surface area contributed by atoms with E-state index >= 15 is 0 Å². The van der Waals surface area contributed by atoms with Crippen molar-refractivity contribution in [3.63, 3.8) is 0 Å². The molecular formula is C17H24ClN5O2. The van der Waals surface area contributed by atoms with E-state index in [1.165, 1.54) is 0 Å². The van der Waals surface area contributed by atoms with E-state index in [-0.39, 0.29) is 23.8 Å². The van der Waals surface area contributed by atoms with Crippen molar-refractivity contribution in [3.05, 3.63) is 34.9 Å². The lowest BCUT2D eigenvalue weighted by atomic mass is 9.93. The van der Waals surface area contributed by atoms with Crippen LogP contribution in [0.3, 0.4) is 0 Å². The largest absolute Gasteiger partial charge is 0.358 e. The first-order chi connectivity index (χ1) is 12.1. The first-order valence-electron chi connectivity index (χ1n) is 8.54. The zero-order valence-corrected chi connectivity index (χ0v) is 15.1. The normalized spacial score (nSPS) is 24.3. The highest BCUT2D eigenvalue weighted by Gasteiger charge is 2.37. The molecular weight excluding hydrogens is 342 g/mol. The van der Waals surface area contributed by atoms with Crippen LogP contribution in [-0.4, -0.2) is 67.9 Å². The summed E-state index contributed by atoms with van der Waals surface area (Å²) in [7, 11) is 1.64. The fourth-order valence-electron chi connectivity index (χ4n) is 3.36. The van der Waals surface area contributed by atoms with Crippen molar-refractivity contribution in [2.24, 2.45) is 5.92 Å². The zero-order valence-electron chi connectivity index (χ0n) is 14.3. The molecule has 2 amide bonds. The predicted octanol–water partition coefficient (Wildman–Crippen LogP) is -0.00470. The van der Waals surface area contributed by atoms with Gasteiger partial charge in [-0.1, -0.05) is 23.7 Å². The number of benzene rings is 1. The average Bonchev–Trinajstić information content (AvgIpc) is 3.12. The number of halogens is 1. The fourth-order valence-corrected chi connectivity index (χ4v) is 3.48. The molecule has 0 aromatic heterocycles. The molecule has 0 radical (unpaired) electrons. The number of amides is 2. The van der Waals surface area contributed by atoms with Gasteiger partial charge in [0.2, 0.25) is 11.8 Å². The van der Waals surface area contributed by atoms with Crippen molar-refractivity contribution in [3.8, 4) is 0 Å². The van der Waals surface area contributed by atoms with Crippen molar-refractivity contribution >= 4 is 23.4 Å². The lowest BCUT2D eigenvalue weighted by Crippen LogP contribution is -2.52. The van der Waals surface area contributed by atoms with Crippen molar-refractivity contribution in [2.75, 3.05) is 46.3 Å². The van der Waals surface area contributed by atoms with Crippen LogP contribution in [0.5, 0.6) is 0 Å². The molecule has 0 saturated carbocycles. The van der Waals surface area contributed by atoms with E-state index in [2.05, 4.69) is 21.1 Å². The average molecular weight is 366 g/mol. The second-order valence-electron chi connectivity index (χ2n) is 6.44. The first kappa shape index (κ1) is 18.1. The van der Waals surface area contributed by atoms with Crippen LogP contribution in [-0.2, 0) is 9.59 Å². The molecule has 136 valence electrons. The molecule has 3 rings (SSSR count). The molecule has 0 spiro atoms. The first-order valence-corrected chi connectivity index (χ1v) is 8.92. The molecule has 2 heterocycles. The molecule has 1 aromatic carbocycles. The van der Waals surface area contributed by atoms with E-state index in [0.717, 1.165) is 18.7 Å². The Bertz CT molecular complexity index is 616. The van der Waals surface area contributed by atoms with E-state index in [4.69, 9.17) is 11.6 Å². The zero-order chi connectivity index (χ0) is 17.8. The topological polar surface area (TPSA) is 76.7 Å². The minimum Gasteiger partial charge on any atom is -0.358 e. The molecule has 8 heteroatoms. The Hall–Kier alpha value is -1.67. The molecule has 2 fully saturated rings. The Morgan fingerprint density at radius 2 is 1.88 bits per heavy atom. The van der Waals surface area contributed by atoms with Crippen LogP contribution in [0.2, 0.25) is 5.02 Å².